The third kappa shape index (κ3) is 3.95. The molecule has 1 fully saturated rings. The van der Waals surface area contributed by atoms with Crippen LogP contribution in [0.1, 0.15) is 6.42 Å². The Bertz CT molecular complexity index is 304. The summed E-state index contributed by atoms with van der Waals surface area (Å²) in [4.78, 5) is 20.5. The second kappa shape index (κ2) is 5.27. The topological polar surface area (TPSA) is 163 Å². The minimum Gasteiger partial charge on any atom is -0.790 e. The van der Waals surface area contributed by atoms with Gasteiger partial charge in [-0.2, -0.15) is 0 Å². The highest BCUT2D eigenvalue weighted by atomic mass is 31.2. The van der Waals surface area contributed by atoms with Crippen molar-refractivity contribution < 1.29 is 44.0 Å². The van der Waals surface area contributed by atoms with Crippen LogP contribution in [0, 0.1) is 0 Å². The van der Waals surface area contributed by atoms with Gasteiger partial charge in [-0.1, -0.05) is 0 Å². The fourth-order valence-electron chi connectivity index (χ4n) is 1.51. The molecule has 0 amide bonds. The fourth-order valence-corrected chi connectivity index (χ4v) is 1.85. The summed E-state index contributed by atoms with van der Waals surface area (Å²) in [6.45, 7) is -1.72. The largest absolute Gasteiger partial charge is 0.790 e. The zero-order valence-electron chi connectivity index (χ0n) is 8.63. The average molecular weight is 272 g/mol. The molecule has 0 spiro atoms. The van der Waals surface area contributed by atoms with Crippen molar-refractivity contribution in [2.24, 2.45) is 0 Å². The maximum atomic E-state index is 10.2. The van der Waals surface area contributed by atoms with E-state index in [4.69, 9.17) is 9.84 Å². The van der Waals surface area contributed by atoms with E-state index in [-0.39, 0.29) is 6.42 Å². The lowest BCUT2D eigenvalue weighted by Crippen LogP contribution is -2.61. The molecule has 0 aliphatic carbocycles. The van der Waals surface area contributed by atoms with E-state index < -0.39 is 45.1 Å². The van der Waals surface area contributed by atoms with Gasteiger partial charge < -0.3 is 44.0 Å². The summed E-state index contributed by atoms with van der Waals surface area (Å²) in [6, 6.07) is 0. The number of phosphoric acid groups is 1. The molecule has 0 radical (unpaired) electrons. The Morgan fingerprint density at radius 2 is 2.06 bits per heavy atom. The molecule has 0 saturated carbocycles. The fraction of sp³-hybridized carbons (Fsp3) is 1.00. The third-order valence-corrected chi connectivity index (χ3v) is 2.78. The first-order valence-corrected chi connectivity index (χ1v) is 6.18. The van der Waals surface area contributed by atoms with Crippen LogP contribution in [0.3, 0.4) is 0 Å². The van der Waals surface area contributed by atoms with E-state index in [0.717, 1.165) is 0 Å². The summed E-state index contributed by atoms with van der Waals surface area (Å²) in [5.41, 5.74) is 0. The number of aliphatic hydroxyl groups is 4. The highest BCUT2D eigenvalue weighted by Crippen LogP contribution is 2.32. The summed E-state index contributed by atoms with van der Waals surface area (Å²) in [5, 5.41) is 37.3. The molecule has 9 nitrogen and oxygen atoms in total. The van der Waals surface area contributed by atoms with Gasteiger partial charge in [-0.05, 0) is 0 Å². The number of aliphatic hydroxyl groups excluding tert-OH is 3. The van der Waals surface area contributed by atoms with Crippen molar-refractivity contribution in [3.8, 4) is 0 Å². The molecule has 0 bridgehead atoms. The second-order valence-corrected chi connectivity index (χ2v) is 4.89. The lowest BCUT2D eigenvalue weighted by molar-refractivity contribution is -0.366. The summed E-state index contributed by atoms with van der Waals surface area (Å²) in [6.07, 6.45) is -4.43. The molecule has 1 saturated heterocycles. The quantitative estimate of drug-likeness (QED) is 0.373. The Kier molecular flexibility index (Phi) is 4.64. The Hall–Kier alpha value is -0.0900. The maximum Gasteiger partial charge on any atom is 0.219 e. The van der Waals surface area contributed by atoms with E-state index in [1.54, 1.807) is 0 Å². The van der Waals surface area contributed by atoms with E-state index in [1.807, 2.05) is 0 Å². The van der Waals surface area contributed by atoms with E-state index >= 15 is 0 Å². The van der Waals surface area contributed by atoms with Gasteiger partial charge in [0.2, 0.25) is 5.79 Å². The first-order valence-electron chi connectivity index (χ1n) is 4.72. The van der Waals surface area contributed by atoms with E-state index in [0.29, 0.717) is 0 Å². The summed E-state index contributed by atoms with van der Waals surface area (Å²) in [7, 11) is -5.34. The van der Waals surface area contributed by atoms with Gasteiger partial charge in [0.15, 0.2) is 0 Å². The SMILES string of the molecule is O=P([O-])([O-])OC[C@@]1(O)OC(CO)CC(O)C1O. The molecular weight excluding hydrogens is 259 g/mol. The Labute approximate surface area is 96.5 Å². The lowest BCUT2D eigenvalue weighted by Gasteiger charge is -2.44. The van der Waals surface area contributed by atoms with Crippen LogP contribution in [0.5, 0.6) is 0 Å². The highest BCUT2D eigenvalue weighted by Gasteiger charge is 2.48. The predicted octanol–water partition coefficient (Wildman–Crippen LogP) is -3.98. The molecule has 1 aliphatic heterocycles. The normalized spacial score (nSPS) is 39.3. The lowest BCUT2D eigenvalue weighted by atomic mass is 9.96. The molecule has 4 atom stereocenters. The smallest absolute Gasteiger partial charge is 0.219 e. The van der Waals surface area contributed by atoms with Gasteiger partial charge in [-0.15, -0.1) is 0 Å². The molecular formula is C7H13O9P-2. The molecule has 10 heteroatoms. The zero-order valence-corrected chi connectivity index (χ0v) is 9.53. The molecule has 4 N–H and O–H groups in total. The minimum absolute atomic E-state index is 0.146. The van der Waals surface area contributed by atoms with Crippen molar-refractivity contribution in [3.63, 3.8) is 0 Å². The number of phosphoric ester groups is 1. The van der Waals surface area contributed by atoms with Crippen LogP contribution in [0.15, 0.2) is 0 Å². The summed E-state index contributed by atoms with van der Waals surface area (Å²) >= 11 is 0. The average Bonchev–Trinajstić information content (AvgIpc) is 2.22. The van der Waals surface area contributed by atoms with E-state index in [1.165, 1.54) is 0 Å². The van der Waals surface area contributed by atoms with Crippen molar-refractivity contribution in [2.45, 2.75) is 30.5 Å². The second-order valence-electron chi connectivity index (χ2n) is 3.74. The molecule has 1 aliphatic rings. The van der Waals surface area contributed by atoms with Crippen molar-refractivity contribution in [1.82, 2.24) is 0 Å². The van der Waals surface area contributed by atoms with Crippen molar-refractivity contribution in [3.05, 3.63) is 0 Å². The van der Waals surface area contributed by atoms with Crippen LogP contribution in [-0.2, 0) is 13.8 Å². The minimum atomic E-state index is -5.34. The van der Waals surface area contributed by atoms with Gasteiger partial charge in [0.1, 0.15) is 12.7 Å². The first kappa shape index (κ1) is 15.0. The third-order valence-electron chi connectivity index (χ3n) is 2.33. The molecule has 3 unspecified atom stereocenters. The van der Waals surface area contributed by atoms with Crippen molar-refractivity contribution in [1.29, 1.82) is 0 Å². The van der Waals surface area contributed by atoms with Crippen molar-refractivity contribution in [2.75, 3.05) is 13.2 Å². The monoisotopic (exact) mass is 272 g/mol. The van der Waals surface area contributed by atoms with Crippen molar-refractivity contribution >= 4 is 7.82 Å². The molecule has 1 heterocycles. The number of rotatable bonds is 4. The van der Waals surface area contributed by atoms with Gasteiger partial charge in [0.25, 0.3) is 0 Å². The Balaban J connectivity index is 2.72. The number of hydrogen-bond acceptors (Lipinski definition) is 9. The van der Waals surface area contributed by atoms with Crippen LogP contribution in [0.25, 0.3) is 0 Å². The Morgan fingerprint density at radius 1 is 1.47 bits per heavy atom. The van der Waals surface area contributed by atoms with Crippen LogP contribution in [0.2, 0.25) is 0 Å². The van der Waals surface area contributed by atoms with Crippen LogP contribution in [-0.4, -0.2) is 57.7 Å². The van der Waals surface area contributed by atoms with E-state index in [2.05, 4.69) is 4.52 Å². The summed E-state index contributed by atoms with van der Waals surface area (Å²) < 4.78 is 18.8. The molecule has 0 aromatic heterocycles. The van der Waals surface area contributed by atoms with Gasteiger partial charge in [-0.3, -0.25) is 0 Å². The highest BCUT2D eigenvalue weighted by molar-refractivity contribution is 7.43. The standard InChI is InChI=1S/C7H15O9P/c8-2-4-1-5(9)6(10)7(11,16-4)3-15-17(12,13)14/h4-6,8-11H,1-3H2,(H2,12,13,14)/p-2/t4?,5?,6?,7-/m1/s1. The molecule has 1 rings (SSSR count). The molecule has 0 aromatic rings. The van der Waals surface area contributed by atoms with Gasteiger partial charge in [0.05, 0.1) is 26.6 Å². The predicted molar refractivity (Wildman–Crippen MR) is 47.1 cm³/mol. The first-order chi connectivity index (χ1) is 7.68. The van der Waals surface area contributed by atoms with Gasteiger partial charge >= 0.3 is 0 Å². The number of ether oxygens (including phenoxy) is 1. The van der Waals surface area contributed by atoms with Gasteiger partial charge in [-0.25, -0.2) is 0 Å². The van der Waals surface area contributed by atoms with Crippen LogP contribution >= 0.6 is 7.82 Å². The molecule has 102 valence electrons. The number of hydrogen-bond donors (Lipinski definition) is 4. The van der Waals surface area contributed by atoms with Crippen LogP contribution < -0.4 is 9.79 Å². The van der Waals surface area contributed by atoms with Gasteiger partial charge in [0, 0.05) is 6.42 Å². The summed E-state index contributed by atoms with van der Waals surface area (Å²) in [5.74, 6) is -2.56. The zero-order chi connectivity index (χ0) is 13.3. The molecule has 17 heavy (non-hydrogen) atoms. The van der Waals surface area contributed by atoms with Crippen LogP contribution in [0.4, 0.5) is 0 Å². The Morgan fingerprint density at radius 3 is 2.53 bits per heavy atom. The maximum absolute atomic E-state index is 10.2. The van der Waals surface area contributed by atoms with E-state index in [9.17, 15) is 29.7 Å². The molecule has 0 aromatic carbocycles.